The van der Waals surface area contributed by atoms with Crippen molar-refractivity contribution < 1.29 is 9.59 Å². The van der Waals surface area contributed by atoms with Gasteiger partial charge in [0.1, 0.15) is 0 Å². The number of carbonyl (C=O) groups excluding carboxylic acids is 2. The van der Waals surface area contributed by atoms with E-state index in [2.05, 4.69) is 0 Å². The van der Waals surface area contributed by atoms with Gasteiger partial charge in [0.2, 0.25) is 0 Å². The molecule has 0 spiro atoms. The predicted octanol–water partition coefficient (Wildman–Crippen LogP) is 2.03. The van der Waals surface area contributed by atoms with Gasteiger partial charge in [0.15, 0.2) is 0 Å². The number of benzene rings is 1. The quantitative estimate of drug-likeness (QED) is 0.842. The third kappa shape index (κ3) is 2.06. The first-order valence-electron chi connectivity index (χ1n) is 6.71. The van der Waals surface area contributed by atoms with Crippen molar-refractivity contribution in [3.8, 4) is 0 Å². The normalized spacial score (nSPS) is 15.9. The molecule has 0 aliphatic carbocycles. The van der Waals surface area contributed by atoms with Crippen LogP contribution in [-0.2, 0) is 0 Å². The largest absolute Gasteiger partial charge is 0.330 e. The van der Waals surface area contributed by atoms with E-state index >= 15 is 0 Å². The molecule has 1 aromatic rings. The summed E-state index contributed by atoms with van der Waals surface area (Å²) >= 11 is 0. The molecule has 2 N–H and O–H groups in total. The van der Waals surface area contributed by atoms with Gasteiger partial charge < -0.3 is 5.73 Å². The van der Waals surface area contributed by atoms with E-state index in [4.69, 9.17) is 5.73 Å². The first-order valence-corrected chi connectivity index (χ1v) is 6.71. The highest BCUT2D eigenvalue weighted by molar-refractivity contribution is 6.22. The fraction of sp³-hybridized carbons (Fsp3) is 0.467. The fourth-order valence-electron chi connectivity index (χ4n) is 2.74. The summed E-state index contributed by atoms with van der Waals surface area (Å²) in [6.45, 7) is 6.20. The van der Waals surface area contributed by atoms with Gasteiger partial charge in [-0.2, -0.15) is 0 Å². The van der Waals surface area contributed by atoms with E-state index < -0.39 is 0 Å². The molecule has 0 fully saturated rings. The summed E-state index contributed by atoms with van der Waals surface area (Å²) in [5.41, 5.74) is 8.45. The molecular formula is C15H20N2O2. The van der Waals surface area contributed by atoms with Crippen molar-refractivity contribution in [2.75, 3.05) is 6.54 Å². The third-order valence-electron chi connectivity index (χ3n) is 3.82. The van der Waals surface area contributed by atoms with E-state index in [-0.39, 0.29) is 17.9 Å². The highest BCUT2D eigenvalue weighted by Gasteiger charge is 2.40. The van der Waals surface area contributed by atoms with Crippen molar-refractivity contribution in [1.29, 1.82) is 0 Å². The van der Waals surface area contributed by atoms with Gasteiger partial charge in [-0.1, -0.05) is 19.1 Å². The Bertz CT molecular complexity index is 496. The predicted molar refractivity (Wildman–Crippen MR) is 74.2 cm³/mol. The maximum absolute atomic E-state index is 12.5. The standard InChI is InChI=1S/C15H20N2O2/c1-4-11(7-8-16)17-14(18)12-9(2)5-6-10(3)13(12)15(17)19/h5-6,11H,4,7-8,16H2,1-3H3. The molecule has 1 unspecified atom stereocenters. The van der Waals surface area contributed by atoms with Crippen LogP contribution in [-0.4, -0.2) is 29.3 Å². The topological polar surface area (TPSA) is 63.4 Å². The lowest BCUT2D eigenvalue weighted by molar-refractivity contribution is 0.0574. The Hall–Kier alpha value is -1.68. The Morgan fingerprint density at radius 2 is 1.58 bits per heavy atom. The van der Waals surface area contributed by atoms with Gasteiger partial charge in [-0.3, -0.25) is 14.5 Å². The second-order valence-electron chi connectivity index (χ2n) is 5.07. The van der Waals surface area contributed by atoms with Gasteiger partial charge >= 0.3 is 0 Å². The summed E-state index contributed by atoms with van der Waals surface area (Å²) in [4.78, 5) is 26.4. The van der Waals surface area contributed by atoms with Crippen LogP contribution in [0.1, 0.15) is 51.6 Å². The molecule has 0 aromatic heterocycles. The molecule has 2 rings (SSSR count). The van der Waals surface area contributed by atoms with Crippen LogP contribution in [0.5, 0.6) is 0 Å². The number of hydrogen-bond donors (Lipinski definition) is 1. The molecule has 0 saturated carbocycles. The Kier molecular flexibility index (Phi) is 3.71. The first-order chi connectivity index (χ1) is 9.02. The lowest BCUT2D eigenvalue weighted by Crippen LogP contribution is -2.40. The summed E-state index contributed by atoms with van der Waals surface area (Å²) in [7, 11) is 0. The maximum atomic E-state index is 12.5. The van der Waals surface area contributed by atoms with Crippen LogP contribution in [0.3, 0.4) is 0 Å². The second kappa shape index (κ2) is 5.13. The molecule has 1 aromatic carbocycles. The Morgan fingerprint density at radius 1 is 1.11 bits per heavy atom. The van der Waals surface area contributed by atoms with Crippen LogP contribution >= 0.6 is 0 Å². The molecule has 19 heavy (non-hydrogen) atoms. The summed E-state index contributed by atoms with van der Waals surface area (Å²) in [5.74, 6) is -0.331. The average molecular weight is 260 g/mol. The van der Waals surface area contributed by atoms with E-state index in [0.29, 0.717) is 24.1 Å². The van der Waals surface area contributed by atoms with Crippen LogP contribution < -0.4 is 5.73 Å². The molecule has 0 radical (unpaired) electrons. The SMILES string of the molecule is CCC(CCN)N1C(=O)c2c(C)ccc(C)c2C1=O. The molecular weight excluding hydrogens is 240 g/mol. The highest BCUT2D eigenvalue weighted by atomic mass is 16.2. The maximum Gasteiger partial charge on any atom is 0.262 e. The van der Waals surface area contributed by atoms with Crippen molar-refractivity contribution in [2.24, 2.45) is 5.73 Å². The Labute approximate surface area is 113 Å². The van der Waals surface area contributed by atoms with Crippen molar-refractivity contribution in [3.05, 3.63) is 34.4 Å². The first kappa shape index (κ1) is 13.7. The number of fused-ring (bicyclic) bond motifs is 1. The molecule has 1 aliphatic heterocycles. The van der Waals surface area contributed by atoms with Crippen LogP contribution in [0, 0.1) is 13.8 Å². The van der Waals surface area contributed by atoms with E-state index in [1.54, 1.807) is 0 Å². The van der Waals surface area contributed by atoms with Crippen molar-refractivity contribution >= 4 is 11.8 Å². The van der Waals surface area contributed by atoms with Gasteiger partial charge in [-0.05, 0) is 44.4 Å². The number of aryl methyl sites for hydroxylation is 2. The van der Waals surface area contributed by atoms with Crippen molar-refractivity contribution in [1.82, 2.24) is 4.90 Å². The third-order valence-corrected chi connectivity index (χ3v) is 3.82. The van der Waals surface area contributed by atoms with E-state index in [9.17, 15) is 9.59 Å². The molecule has 1 atom stereocenters. The number of carbonyl (C=O) groups is 2. The van der Waals surface area contributed by atoms with Crippen LogP contribution in [0.15, 0.2) is 12.1 Å². The van der Waals surface area contributed by atoms with E-state index in [1.807, 2.05) is 32.9 Å². The lowest BCUT2D eigenvalue weighted by Gasteiger charge is -2.24. The van der Waals surface area contributed by atoms with Gasteiger partial charge in [0.25, 0.3) is 11.8 Å². The Balaban J connectivity index is 2.50. The number of amides is 2. The van der Waals surface area contributed by atoms with E-state index in [1.165, 1.54) is 4.90 Å². The average Bonchev–Trinajstić information content (AvgIpc) is 2.65. The summed E-state index contributed by atoms with van der Waals surface area (Å²) < 4.78 is 0. The van der Waals surface area contributed by atoms with Crippen LogP contribution in [0.2, 0.25) is 0 Å². The summed E-state index contributed by atoms with van der Waals surface area (Å²) in [6.07, 6.45) is 1.39. The molecule has 0 saturated heterocycles. The number of nitrogens with two attached hydrogens (primary N) is 1. The van der Waals surface area contributed by atoms with Gasteiger partial charge in [0.05, 0.1) is 11.1 Å². The summed E-state index contributed by atoms with van der Waals surface area (Å²) in [5, 5.41) is 0. The molecule has 102 valence electrons. The van der Waals surface area contributed by atoms with Gasteiger partial charge in [-0.15, -0.1) is 0 Å². The van der Waals surface area contributed by atoms with Crippen molar-refractivity contribution in [3.63, 3.8) is 0 Å². The fourth-order valence-corrected chi connectivity index (χ4v) is 2.74. The molecule has 2 amide bonds. The number of nitrogens with zero attached hydrogens (tertiary/aromatic N) is 1. The molecule has 4 nitrogen and oxygen atoms in total. The molecule has 1 heterocycles. The second-order valence-corrected chi connectivity index (χ2v) is 5.07. The van der Waals surface area contributed by atoms with E-state index in [0.717, 1.165) is 17.5 Å². The minimum Gasteiger partial charge on any atom is -0.330 e. The zero-order chi connectivity index (χ0) is 14.2. The Morgan fingerprint density at radius 3 is 1.95 bits per heavy atom. The van der Waals surface area contributed by atoms with Crippen molar-refractivity contribution in [2.45, 2.75) is 39.7 Å². The smallest absolute Gasteiger partial charge is 0.262 e. The summed E-state index contributed by atoms with van der Waals surface area (Å²) in [6, 6.07) is 3.69. The molecule has 1 aliphatic rings. The zero-order valence-electron chi connectivity index (χ0n) is 11.7. The highest BCUT2D eigenvalue weighted by Crippen LogP contribution is 2.31. The van der Waals surface area contributed by atoms with Crippen LogP contribution in [0.4, 0.5) is 0 Å². The van der Waals surface area contributed by atoms with Gasteiger partial charge in [-0.25, -0.2) is 0 Å². The van der Waals surface area contributed by atoms with Crippen LogP contribution in [0.25, 0.3) is 0 Å². The van der Waals surface area contributed by atoms with Gasteiger partial charge in [0, 0.05) is 6.04 Å². The lowest BCUT2D eigenvalue weighted by atomic mass is 9.99. The zero-order valence-corrected chi connectivity index (χ0v) is 11.7. The number of hydrogen-bond acceptors (Lipinski definition) is 3. The molecule has 4 heteroatoms. The number of imide groups is 1. The monoisotopic (exact) mass is 260 g/mol. The molecule has 0 bridgehead atoms. The minimum absolute atomic E-state index is 0.101. The minimum atomic E-state index is -0.165. The number of rotatable bonds is 4.